The molecule has 3 heterocycles. The molecule has 1 N–H and O–H groups in total. The quantitative estimate of drug-likeness (QED) is 0.897. The van der Waals surface area contributed by atoms with Crippen LogP contribution in [0.5, 0.6) is 0 Å². The molecule has 1 fully saturated rings. The Labute approximate surface area is 132 Å². The fourth-order valence-corrected chi connectivity index (χ4v) is 2.22. The Bertz CT molecular complexity index is 691. The molecule has 8 heteroatoms. The molecule has 1 aliphatic heterocycles. The van der Waals surface area contributed by atoms with Crippen LogP contribution >= 0.6 is 0 Å². The Kier molecular flexibility index (Phi) is 4.72. The van der Waals surface area contributed by atoms with Crippen LogP contribution in [0.4, 0.5) is 10.3 Å². The maximum absolute atomic E-state index is 13.5. The van der Waals surface area contributed by atoms with E-state index >= 15 is 0 Å². The molecule has 0 atom stereocenters. The van der Waals surface area contributed by atoms with Crippen LogP contribution in [0.3, 0.4) is 0 Å². The number of halogens is 1. The summed E-state index contributed by atoms with van der Waals surface area (Å²) in [7, 11) is 0. The molecule has 0 radical (unpaired) electrons. The van der Waals surface area contributed by atoms with E-state index in [1.165, 1.54) is 12.3 Å². The Morgan fingerprint density at radius 1 is 1.30 bits per heavy atom. The van der Waals surface area contributed by atoms with Gasteiger partial charge in [0.15, 0.2) is 5.82 Å². The summed E-state index contributed by atoms with van der Waals surface area (Å²) < 4.78 is 18.8. The zero-order valence-electron chi connectivity index (χ0n) is 12.4. The minimum atomic E-state index is -0.651. The van der Waals surface area contributed by atoms with Gasteiger partial charge in [0, 0.05) is 25.5 Å². The number of rotatable bonds is 4. The van der Waals surface area contributed by atoms with Gasteiger partial charge < -0.3 is 15.0 Å². The van der Waals surface area contributed by atoms with Crippen molar-refractivity contribution < 1.29 is 13.9 Å². The number of carbonyl (C=O) groups is 1. The fraction of sp³-hybridized carbons (Fsp3) is 0.333. The van der Waals surface area contributed by atoms with Crippen molar-refractivity contribution in [1.29, 1.82) is 0 Å². The third-order valence-electron chi connectivity index (χ3n) is 3.44. The van der Waals surface area contributed by atoms with Crippen LogP contribution in [0.15, 0.2) is 30.7 Å². The lowest BCUT2D eigenvalue weighted by Gasteiger charge is -2.26. The van der Waals surface area contributed by atoms with Crippen LogP contribution in [0.1, 0.15) is 16.1 Å². The zero-order valence-corrected chi connectivity index (χ0v) is 12.4. The van der Waals surface area contributed by atoms with Gasteiger partial charge in [-0.1, -0.05) is 0 Å². The minimum Gasteiger partial charge on any atom is -0.378 e. The van der Waals surface area contributed by atoms with Gasteiger partial charge in [-0.05, 0) is 12.1 Å². The van der Waals surface area contributed by atoms with Crippen molar-refractivity contribution in [1.82, 2.24) is 20.3 Å². The predicted octanol–water partition coefficient (Wildman–Crippen LogP) is 0.777. The van der Waals surface area contributed by atoms with Crippen molar-refractivity contribution in [3.8, 4) is 0 Å². The average Bonchev–Trinajstić information content (AvgIpc) is 2.61. The number of amides is 1. The molecule has 0 unspecified atom stereocenters. The topological polar surface area (TPSA) is 80.2 Å². The molecule has 0 spiro atoms. The van der Waals surface area contributed by atoms with E-state index in [9.17, 15) is 9.18 Å². The maximum Gasteiger partial charge on any atom is 0.254 e. The van der Waals surface area contributed by atoms with Gasteiger partial charge in [0.1, 0.15) is 0 Å². The summed E-state index contributed by atoms with van der Waals surface area (Å²) in [5.41, 5.74) is 0.617. The van der Waals surface area contributed by atoms with E-state index in [-0.39, 0.29) is 12.1 Å². The largest absolute Gasteiger partial charge is 0.378 e. The number of carbonyl (C=O) groups excluding carboxylic acids is 1. The normalized spacial score (nSPS) is 14.6. The van der Waals surface area contributed by atoms with Gasteiger partial charge >= 0.3 is 0 Å². The first-order valence-corrected chi connectivity index (χ1v) is 7.26. The van der Waals surface area contributed by atoms with Crippen LogP contribution in [0, 0.1) is 5.82 Å². The SMILES string of the molecule is O=C(NCc1ccnc(N2CCOCC2)n1)c1ccncc1F. The first-order chi connectivity index (χ1) is 11.2. The summed E-state index contributed by atoms with van der Waals surface area (Å²) in [6, 6.07) is 3.05. The van der Waals surface area contributed by atoms with Gasteiger partial charge in [-0.3, -0.25) is 9.78 Å². The molecule has 2 aromatic heterocycles. The molecule has 2 aromatic rings. The molecule has 1 saturated heterocycles. The number of hydrogen-bond donors (Lipinski definition) is 1. The van der Waals surface area contributed by atoms with Crippen molar-refractivity contribution >= 4 is 11.9 Å². The molecule has 7 nitrogen and oxygen atoms in total. The van der Waals surface area contributed by atoms with E-state index in [2.05, 4.69) is 20.3 Å². The second-order valence-corrected chi connectivity index (χ2v) is 4.99. The number of anilines is 1. The van der Waals surface area contributed by atoms with Crippen LogP contribution in [0.25, 0.3) is 0 Å². The van der Waals surface area contributed by atoms with E-state index in [4.69, 9.17) is 4.74 Å². The van der Waals surface area contributed by atoms with E-state index in [0.29, 0.717) is 24.9 Å². The summed E-state index contributed by atoms with van der Waals surface area (Å²) in [5.74, 6) is -0.548. The number of nitrogens with one attached hydrogen (secondary N) is 1. The number of morpholine rings is 1. The fourth-order valence-electron chi connectivity index (χ4n) is 2.22. The van der Waals surface area contributed by atoms with Crippen molar-refractivity contribution in [2.45, 2.75) is 6.54 Å². The summed E-state index contributed by atoms with van der Waals surface area (Å²) >= 11 is 0. The highest BCUT2D eigenvalue weighted by Crippen LogP contribution is 2.10. The van der Waals surface area contributed by atoms with Gasteiger partial charge in [0.2, 0.25) is 5.95 Å². The Balaban J connectivity index is 1.64. The molecule has 23 heavy (non-hydrogen) atoms. The number of pyridine rings is 1. The monoisotopic (exact) mass is 317 g/mol. The molecule has 1 aliphatic rings. The average molecular weight is 317 g/mol. The van der Waals surface area contributed by atoms with Crippen molar-refractivity contribution in [2.24, 2.45) is 0 Å². The molecule has 0 aromatic carbocycles. The number of hydrogen-bond acceptors (Lipinski definition) is 6. The Hall–Kier alpha value is -2.61. The highest BCUT2D eigenvalue weighted by Gasteiger charge is 2.15. The Morgan fingerprint density at radius 2 is 2.13 bits per heavy atom. The highest BCUT2D eigenvalue weighted by molar-refractivity contribution is 5.94. The lowest BCUT2D eigenvalue weighted by atomic mass is 10.2. The van der Waals surface area contributed by atoms with Crippen LogP contribution in [-0.2, 0) is 11.3 Å². The van der Waals surface area contributed by atoms with Gasteiger partial charge in [-0.25, -0.2) is 14.4 Å². The van der Waals surface area contributed by atoms with Crippen molar-refractivity contribution in [3.63, 3.8) is 0 Å². The first kappa shape index (κ1) is 15.3. The summed E-state index contributed by atoms with van der Waals surface area (Å²) in [6.45, 7) is 2.95. The zero-order chi connectivity index (χ0) is 16.1. The van der Waals surface area contributed by atoms with Crippen molar-refractivity contribution in [2.75, 3.05) is 31.2 Å². The summed E-state index contributed by atoms with van der Waals surface area (Å²) in [4.78, 5) is 26.3. The smallest absolute Gasteiger partial charge is 0.254 e. The third-order valence-corrected chi connectivity index (χ3v) is 3.44. The van der Waals surface area contributed by atoms with Crippen LogP contribution in [-0.4, -0.2) is 47.2 Å². The van der Waals surface area contributed by atoms with E-state index in [1.807, 2.05) is 4.90 Å². The van der Waals surface area contributed by atoms with E-state index in [0.717, 1.165) is 19.3 Å². The van der Waals surface area contributed by atoms with E-state index in [1.54, 1.807) is 12.3 Å². The highest BCUT2D eigenvalue weighted by atomic mass is 19.1. The number of ether oxygens (including phenoxy) is 1. The van der Waals surface area contributed by atoms with Crippen LogP contribution in [0.2, 0.25) is 0 Å². The van der Waals surface area contributed by atoms with E-state index < -0.39 is 11.7 Å². The predicted molar refractivity (Wildman–Crippen MR) is 80.4 cm³/mol. The lowest BCUT2D eigenvalue weighted by molar-refractivity contribution is 0.0946. The first-order valence-electron chi connectivity index (χ1n) is 7.26. The number of nitrogens with zero attached hydrogens (tertiary/aromatic N) is 4. The molecule has 0 aliphatic carbocycles. The minimum absolute atomic E-state index is 0.0394. The molecule has 0 saturated carbocycles. The molecular formula is C15H16FN5O2. The van der Waals surface area contributed by atoms with Gasteiger partial charge in [0.05, 0.1) is 37.2 Å². The second-order valence-electron chi connectivity index (χ2n) is 4.99. The molecule has 3 rings (SSSR count). The standard InChI is InChI=1S/C15H16FN5O2/c16-13-10-17-3-2-12(13)14(22)19-9-11-1-4-18-15(20-11)21-5-7-23-8-6-21/h1-4,10H,5-9H2,(H,19,22). The van der Waals surface area contributed by atoms with Crippen LogP contribution < -0.4 is 10.2 Å². The molecule has 120 valence electrons. The molecule has 0 bridgehead atoms. The van der Waals surface area contributed by atoms with Gasteiger partial charge in [-0.15, -0.1) is 0 Å². The molecular weight excluding hydrogens is 301 g/mol. The lowest BCUT2D eigenvalue weighted by Crippen LogP contribution is -2.37. The van der Waals surface area contributed by atoms with Gasteiger partial charge in [-0.2, -0.15) is 0 Å². The molecule has 1 amide bonds. The third kappa shape index (κ3) is 3.78. The van der Waals surface area contributed by atoms with Crippen molar-refractivity contribution in [3.05, 3.63) is 47.8 Å². The number of aromatic nitrogens is 3. The summed E-state index contributed by atoms with van der Waals surface area (Å²) in [5, 5.41) is 2.65. The summed E-state index contributed by atoms with van der Waals surface area (Å²) in [6.07, 6.45) is 4.03. The second kappa shape index (κ2) is 7.10. The Morgan fingerprint density at radius 3 is 2.91 bits per heavy atom. The maximum atomic E-state index is 13.5. The van der Waals surface area contributed by atoms with Gasteiger partial charge in [0.25, 0.3) is 5.91 Å².